The van der Waals surface area contributed by atoms with Gasteiger partial charge in [0, 0.05) is 26.9 Å². The van der Waals surface area contributed by atoms with E-state index in [0.29, 0.717) is 18.3 Å². The third-order valence-corrected chi connectivity index (χ3v) is 5.67. The topological polar surface area (TPSA) is 117 Å². The van der Waals surface area contributed by atoms with Crippen molar-refractivity contribution in [3.63, 3.8) is 0 Å². The van der Waals surface area contributed by atoms with Crippen LogP contribution in [0.3, 0.4) is 0 Å². The normalized spacial score (nSPS) is 13.6. The van der Waals surface area contributed by atoms with Crippen LogP contribution >= 0.6 is 11.3 Å². The zero-order valence-corrected chi connectivity index (χ0v) is 17.1. The molecule has 0 bridgehead atoms. The van der Waals surface area contributed by atoms with Crippen molar-refractivity contribution in [1.82, 2.24) is 14.6 Å². The zero-order valence-electron chi connectivity index (χ0n) is 16.3. The molecule has 2 N–H and O–H groups in total. The molecule has 2 amide bonds. The van der Waals surface area contributed by atoms with Gasteiger partial charge in [0.1, 0.15) is 12.2 Å². The maximum Gasteiger partial charge on any atom is 0.277 e. The van der Waals surface area contributed by atoms with Gasteiger partial charge in [-0.3, -0.25) is 29.4 Å². The number of hydrogen-bond acceptors (Lipinski definition) is 8. The fourth-order valence-corrected chi connectivity index (χ4v) is 4.07. The number of amides is 2. The lowest BCUT2D eigenvalue weighted by atomic mass is 10.2. The van der Waals surface area contributed by atoms with Crippen LogP contribution < -0.4 is 15.8 Å². The molecule has 10 nitrogen and oxygen atoms in total. The number of fused-ring (bicyclic) bond motifs is 2. The Morgan fingerprint density at radius 2 is 2.10 bits per heavy atom. The molecule has 0 saturated carbocycles. The Hall–Kier alpha value is -3.44. The fourth-order valence-electron chi connectivity index (χ4n) is 3.21. The van der Waals surface area contributed by atoms with Crippen molar-refractivity contribution in [2.24, 2.45) is 0 Å². The monoisotopic (exact) mass is 429 g/mol. The summed E-state index contributed by atoms with van der Waals surface area (Å²) in [7, 11) is 3.19. The maximum atomic E-state index is 12.7. The molecule has 0 radical (unpaired) electrons. The van der Waals surface area contributed by atoms with Crippen molar-refractivity contribution < 1.29 is 19.4 Å². The van der Waals surface area contributed by atoms with E-state index in [2.05, 4.69) is 10.3 Å². The first-order valence-corrected chi connectivity index (χ1v) is 9.87. The van der Waals surface area contributed by atoms with Crippen molar-refractivity contribution >= 4 is 38.5 Å². The van der Waals surface area contributed by atoms with Gasteiger partial charge in [-0.15, -0.1) is 0 Å². The number of para-hydroxylation sites is 1. The fraction of sp³-hybridized carbons (Fsp3) is 0.263. The molecule has 1 aliphatic rings. The molecule has 3 heterocycles. The Balaban J connectivity index is 1.68. The number of methoxy groups -OCH3 is 1. The highest BCUT2D eigenvalue weighted by Crippen LogP contribution is 2.26. The average Bonchev–Trinajstić information content (AvgIpc) is 3.13. The first-order valence-electron chi connectivity index (χ1n) is 9.06. The molecule has 0 aliphatic carbocycles. The lowest BCUT2D eigenvalue weighted by molar-refractivity contribution is 0.0629. The summed E-state index contributed by atoms with van der Waals surface area (Å²) in [5.74, 6) is -2.00. The molecule has 3 aromatic rings. The molecular formula is C19H19N5O5S. The number of benzene rings is 1. The third kappa shape index (κ3) is 3.37. The van der Waals surface area contributed by atoms with Crippen LogP contribution in [0.4, 0.5) is 5.13 Å². The molecule has 0 spiro atoms. The van der Waals surface area contributed by atoms with Crippen LogP contribution in [0.15, 0.2) is 35.3 Å². The summed E-state index contributed by atoms with van der Waals surface area (Å²) >= 11 is 1.27. The highest BCUT2D eigenvalue weighted by molar-refractivity contribution is 7.22. The Kier molecular flexibility index (Phi) is 5.14. The number of hydrogen-bond donors (Lipinski definition) is 2. The van der Waals surface area contributed by atoms with E-state index in [-0.39, 0.29) is 17.9 Å². The van der Waals surface area contributed by atoms with Crippen LogP contribution in [-0.2, 0) is 4.74 Å². The first-order chi connectivity index (χ1) is 14.4. The van der Waals surface area contributed by atoms with Gasteiger partial charge in [-0.25, -0.2) is 4.98 Å². The van der Waals surface area contributed by atoms with Gasteiger partial charge in [0.15, 0.2) is 16.6 Å². The summed E-state index contributed by atoms with van der Waals surface area (Å²) < 4.78 is 7.20. The minimum absolute atomic E-state index is 0.193. The molecule has 4 rings (SSSR count). The van der Waals surface area contributed by atoms with Crippen molar-refractivity contribution in [2.45, 2.75) is 0 Å². The van der Waals surface area contributed by atoms with Crippen LogP contribution in [0.1, 0.15) is 20.8 Å². The molecule has 0 saturated heterocycles. The smallest absolute Gasteiger partial charge is 0.277 e. The summed E-state index contributed by atoms with van der Waals surface area (Å²) in [5.41, 5.74) is -0.679. The summed E-state index contributed by atoms with van der Waals surface area (Å²) in [5, 5.41) is 15.0. The van der Waals surface area contributed by atoms with E-state index in [1.165, 1.54) is 34.2 Å². The second-order valence-corrected chi connectivity index (χ2v) is 7.75. The van der Waals surface area contributed by atoms with Gasteiger partial charge in [0.25, 0.3) is 11.8 Å². The minimum atomic E-state index is -0.921. The molecule has 1 aromatic carbocycles. The van der Waals surface area contributed by atoms with Gasteiger partial charge in [0.2, 0.25) is 5.43 Å². The molecular weight excluding hydrogens is 410 g/mol. The minimum Gasteiger partial charge on any atom is -0.502 e. The van der Waals surface area contributed by atoms with Gasteiger partial charge >= 0.3 is 0 Å². The number of aromatic hydroxyl groups is 1. The largest absolute Gasteiger partial charge is 0.502 e. The van der Waals surface area contributed by atoms with Crippen molar-refractivity contribution in [2.75, 3.05) is 44.3 Å². The molecule has 156 valence electrons. The summed E-state index contributed by atoms with van der Waals surface area (Å²) in [6, 6.07) is 7.39. The number of nitrogens with one attached hydrogen (secondary N) is 1. The van der Waals surface area contributed by atoms with Crippen LogP contribution in [0.25, 0.3) is 10.2 Å². The highest BCUT2D eigenvalue weighted by Gasteiger charge is 2.33. The molecule has 0 fully saturated rings. The quantitative estimate of drug-likeness (QED) is 0.622. The van der Waals surface area contributed by atoms with E-state index in [1.807, 2.05) is 24.3 Å². The van der Waals surface area contributed by atoms with Gasteiger partial charge in [0.05, 0.1) is 16.8 Å². The highest BCUT2D eigenvalue weighted by atomic mass is 32.1. The number of nitrogens with zero attached hydrogens (tertiary/aromatic N) is 4. The van der Waals surface area contributed by atoms with Gasteiger partial charge < -0.3 is 14.7 Å². The lowest BCUT2D eigenvalue weighted by Gasteiger charge is -2.37. The summed E-state index contributed by atoms with van der Waals surface area (Å²) in [4.78, 5) is 43.9. The van der Waals surface area contributed by atoms with E-state index in [0.717, 1.165) is 10.2 Å². The second-order valence-electron chi connectivity index (χ2n) is 6.72. The van der Waals surface area contributed by atoms with Crippen LogP contribution in [0, 0.1) is 0 Å². The van der Waals surface area contributed by atoms with Crippen LogP contribution in [-0.4, -0.2) is 65.5 Å². The number of rotatable bonds is 5. The average molecular weight is 429 g/mol. The number of carbonyl (C=O) groups excluding carboxylic acids is 2. The zero-order chi connectivity index (χ0) is 21.4. The Labute approximate surface area is 174 Å². The predicted molar refractivity (Wildman–Crippen MR) is 112 cm³/mol. The van der Waals surface area contributed by atoms with Crippen molar-refractivity contribution in [3.8, 4) is 5.75 Å². The Bertz CT molecular complexity index is 1170. The molecule has 2 aromatic heterocycles. The van der Waals surface area contributed by atoms with Gasteiger partial charge in [-0.1, -0.05) is 23.5 Å². The van der Waals surface area contributed by atoms with Gasteiger partial charge in [-0.2, -0.15) is 0 Å². The number of anilines is 1. The molecule has 1 aliphatic heterocycles. The van der Waals surface area contributed by atoms with E-state index in [1.54, 1.807) is 12.1 Å². The number of ether oxygens (including phenoxy) is 1. The Morgan fingerprint density at radius 3 is 2.83 bits per heavy atom. The molecule has 0 atom stereocenters. The van der Waals surface area contributed by atoms with E-state index >= 15 is 0 Å². The van der Waals surface area contributed by atoms with E-state index < -0.39 is 23.0 Å². The van der Waals surface area contributed by atoms with Crippen LogP contribution in [0.5, 0.6) is 5.75 Å². The number of pyridine rings is 1. The summed E-state index contributed by atoms with van der Waals surface area (Å²) in [6.07, 6.45) is 1.26. The number of aromatic nitrogens is 2. The maximum absolute atomic E-state index is 12.7. The van der Waals surface area contributed by atoms with E-state index in [4.69, 9.17) is 4.74 Å². The lowest BCUT2D eigenvalue weighted by Crippen LogP contribution is -2.53. The molecule has 11 heteroatoms. The summed E-state index contributed by atoms with van der Waals surface area (Å²) in [6.45, 7) is 0.816. The second kappa shape index (κ2) is 7.76. The third-order valence-electron chi connectivity index (χ3n) is 4.72. The van der Waals surface area contributed by atoms with Gasteiger partial charge in [-0.05, 0) is 12.1 Å². The SMILES string of the molecule is COCCN1CN(C)n2cc(C(=O)Nc3nc4ccccc4s3)c(=O)c(O)c2C1=O. The number of carbonyl (C=O) groups is 2. The standard InChI is InChI=1S/C19H19N5O5S/c1-22-10-23(7-8-29-2)18(28)14-16(26)15(25)11(9-24(14)22)17(27)21-19-20-12-5-3-4-6-13(12)30-19/h3-6,9,26H,7-8,10H2,1-2H3,(H,20,21,27). The Morgan fingerprint density at radius 1 is 1.33 bits per heavy atom. The predicted octanol–water partition coefficient (Wildman–Crippen LogP) is 1.04. The molecule has 30 heavy (non-hydrogen) atoms. The van der Waals surface area contributed by atoms with Crippen molar-refractivity contribution in [3.05, 3.63) is 51.9 Å². The first kappa shape index (κ1) is 19.9. The molecule has 0 unspecified atom stereocenters. The van der Waals surface area contributed by atoms with Crippen LogP contribution in [0.2, 0.25) is 0 Å². The number of thiazole rings is 1. The van der Waals surface area contributed by atoms with E-state index in [9.17, 15) is 19.5 Å². The van der Waals surface area contributed by atoms with Crippen molar-refractivity contribution in [1.29, 1.82) is 0 Å².